The van der Waals surface area contributed by atoms with Gasteiger partial charge in [-0.05, 0) is 6.07 Å². The van der Waals surface area contributed by atoms with E-state index >= 15 is 0 Å². The number of hydrogen-bond donors (Lipinski definition) is 0. The highest BCUT2D eigenvalue weighted by Gasteiger charge is 2.02. The predicted molar refractivity (Wildman–Crippen MR) is 44.2 cm³/mol. The zero-order valence-corrected chi connectivity index (χ0v) is 7.02. The average Bonchev–Trinajstić information content (AvgIpc) is 2.58. The molecule has 0 atom stereocenters. The van der Waals surface area contributed by atoms with E-state index in [1.165, 1.54) is 0 Å². The molecule has 2 heterocycles. The Morgan fingerprint density at radius 2 is 2.17 bits per heavy atom. The van der Waals surface area contributed by atoms with Crippen molar-refractivity contribution in [3.63, 3.8) is 0 Å². The first kappa shape index (κ1) is 7.09. The Morgan fingerprint density at radius 1 is 1.33 bits per heavy atom. The third-order valence-corrected chi connectivity index (χ3v) is 1.63. The Bertz CT molecular complexity index is 347. The van der Waals surface area contributed by atoms with E-state index in [0.29, 0.717) is 0 Å². The van der Waals surface area contributed by atoms with Crippen molar-refractivity contribution in [2.75, 3.05) is 0 Å². The first-order valence-electron chi connectivity index (χ1n) is 3.67. The third-order valence-electron chi connectivity index (χ3n) is 1.63. The zero-order chi connectivity index (χ0) is 8.55. The van der Waals surface area contributed by atoms with E-state index in [2.05, 4.69) is 16.4 Å². The van der Waals surface area contributed by atoms with Crippen LogP contribution in [0.15, 0.2) is 18.5 Å². The number of aromatic nitrogens is 4. The SMILES string of the molecule is Cn1cc(-c2ccn(C)n2)[c]n1. The molecule has 2 aromatic rings. The van der Waals surface area contributed by atoms with Crippen LogP contribution in [0.2, 0.25) is 0 Å². The van der Waals surface area contributed by atoms with Gasteiger partial charge in [0.05, 0.1) is 5.69 Å². The Hall–Kier alpha value is -1.58. The molecule has 0 bridgehead atoms. The number of nitrogens with zero attached hydrogens (tertiary/aromatic N) is 4. The molecule has 2 rings (SSSR count). The largest absolute Gasteiger partial charge is 0.275 e. The highest BCUT2D eigenvalue weighted by atomic mass is 15.3. The fourth-order valence-electron chi connectivity index (χ4n) is 1.06. The van der Waals surface area contributed by atoms with Gasteiger partial charge >= 0.3 is 0 Å². The maximum Gasteiger partial charge on any atom is 0.123 e. The maximum atomic E-state index is 4.23. The lowest BCUT2D eigenvalue weighted by Crippen LogP contribution is -1.87. The van der Waals surface area contributed by atoms with Crippen LogP contribution in [-0.4, -0.2) is 19.6 Å². The van der Waals surface area contributed by atoms with Gasteiger partial charge in [-0.25, -0.2) is 0 Å². The average molecular weight is 161 g/mol. The van der Waals surface area contributed by atoms with E-state index in [0.717, 1.165) is 11.3 Å². The Balaban J connectivity index is 2.43. The molecule has 0 spiro atoms. The second-order valence-corrected chi connectivity index (χ2v) is 2.70. The van der Waals surface area contributed by atoms with Crippen molar-refractivity contribution >= 4 is 0 Å². The molecule has 4 nitrogen and oxygen atoms in total. The van der Waals surface area contributed by atoms with Gasteiger partial charge in [0.25, 0.3) is 0 Å². The lowest BCUT2D eigenvalue weighted by molar-refractivity contribution is 0.764. The van der Waals surface area contributed by atoms with E-state index in [9.17, 15) is 0 Å². The van der Waals surface area contributed by atoms with Crippen molar-refractivity contribution in [2.45, 2.75) is 0 Å². The van der Waals surface area contributed by atoms with Gasteiger partial charge in [-0.2, -0.15) is 10.2 Å². The molecular weight excluding hydrogens is 152 g/mol. The molecule has 0 fully saturated rings. The van der Waals surface area contributed by atoms with Crippen LogP contribution in [0.3, 0.4) is 0 Å². The molecular formula is C8H9N4. The van der Waals surface area contributed by atoms with Gasteiger partial charge in [0, 0.05) is 32.1 Å². The van der Waals surface area contributed by atoms with Crippen LogP contribution in [0, 0.1) is 6.20 Å². The van der Waals surface area contributed by atoms with Crippen molar-refractivity contribution in [1.29, 1.82) is 0 Å². The molecule has 0 amide bonds. The summed E-state index contributed by atoms with van der Waals surface area (Å²) >= 11 is 0. The quantitative estimate of drug-likeness (QED) is 0.614. The molecule has 0 aromatic carbocycles. The summed E-state index contributed by atoms with van der Waals surface area (Å²) in [5.74, 6) is 0. The van der Waals surface area contributed by atoms with Gasteiger partial charge in [0.1, 0.15) is 6.20 Å². The van der Waals surface area contributed by atoms with E-state index in [1.54, 1.807) is 9.36 Å². The first-order valence-corrected chi connectivity index (χ1v) is 3.67. The third kappa shape index (κ3) is 1.11. The molecule has 1 radical (unpaired) electrons. The molecule has 2 aromatic heterocycles. The topological polar surface area (TPSA) is 35.6 Å². The van der Waals surface area contributed by atoms with Crippen LogP contribution >= 0.6 is 0 Å². The fraction of sp³-hybridized carbons (Fsp3) is 0.250. The summed E-state index contributed by atoms with van der Waals surface area (Å²) in [6.07, 6.45) is 6.66. The summed E-state index contributed by atoms with van der Waals surface area (Å²) in [7, 11) is 3.75. The molecule has 0 N–H and O–H groups in total. The van der Waals surface area contributed by atoms with Crippen molar-refractivity contribution in [3.05, 3.63) is 24.7 Å². The molecule has 0 aliphatic heterocycles. The monoisotopic (exact) mass is 161 g/mol. The summed E-state index contributed by atoms with van der Waals surface area (Å²) in [4.78, 5) is 0. The Morgan fingerprint density at radius 3 is 2.67 bits per heavy atom. The number of hydrogen-bond acceptors (Lipinski definition) is 2. The minimum absolute atomic E-state index is 0.908. The van der Waals surface area contributed by atoms with Gasteiger partial charge in [-0.3, -0.25) is 9.36 Å². The predicted octanol–water partition coefficient (Wildman–Crippen LogP) is 0.621. The van der Waals surface area contributed by atoms with Crippen LogP contribution in [-0.2, 0) is 14.1 Å². The van der Waals surface area contributed by atoms with Gasteiger partial charge in [-0.1, -0.05) is 0 Å². The molecule has 0 aliphatic carbocycles. The first-order chi connectivity index (χ1) is 5.75. The lowest BCUT2D eigenvalue weighted by atomic mass is 10.3. The molecule has 61 valence electrons. The highest BCUT2D eigenvalue weighted by molar-refractivity contribution is 5.55. The van der Waals surface area contributed by atoms with E-state index in [1.807, 2.05) is 32.6 Å². The standard InChI is InChI=1S/C8H9N4/c1-11-4-3-8(10-11)7-5-9-12(2)6-7/h3-4,6H,1-2H3. The maximum absolute atomic E-state index is 4.23. The molecule has 0 unspecified atom stereocenters. The fourth-order valence-corrected chi connectivity index (χ4v) is 1.06. The van der Waals surface area contributed by atoms with Gasteiger partial charge in [0.2, 0.25) is 0 Å². The van der Waals surface area contributed by atoms with Crippen molar-refractivity contribution in [3.8, 4) is 11.3 Å². The van der Waals surface area contributed by atoms with Crippen molar-refractivity contribution < 1.29 is 0 Å². The smallest absolute Gasteiger partial charge is 0.123 e. The highest BCUT2D eigenvalue weighted by Crippen LogP contribution is 2.13. The minimum Gasteiger partial charge on any atom is -0.275 e. The van der Waals surface area contributed by atoms with E-state index in [4.69, 9.17) is 0 Å². The molecule has 12 heavy (non-hydrogen) atoms. The molecule has 4 heteroatoms. The summed E-state index contributed by atoms with van der Waals surface area (Å²) < 4.78 is 3.47. The molecule has 0 saturated carbocycles. The summed E-state index contributed by atoms with van der Waals surface area (Å²) in [5.41, 5.74) is 1.84. The molecule has 0 aliphatic rings. The summed E-state index contributed by atoms with van der Waals surface area (Å²) in [6.45, 7) is 0. The van der Waals surface area contributed by atoms with Crippen LogP contribution in [0.25, 0.3) is 11.3 Å². The van der Waals surface area contributed by atoms with Crippen LogP contribution in [0.5, 0.6) is 0 Å². The minimum atomic E-state index is 0.908. The Kier molecular flexibility index (Phi) is 1.46. The number of rotatable bonds is 1. The lowest BCUT2D eigenvalue weighted by Gasteiger charge is -1.87. The van der Waals surface area contributed by atoms with Gasteiger partial charge in [0.15, 0.2) is 0 Å². The van der Waals surface area contributed by atoms with E-state index in [-0.39, 0.29) is 0 Å². The van der Waals surface area contributed by atoms with E-state index < -0.39 is 0 Å². The normalized spacial score (nSPS) is 10.5. The number of aryl methyl sites for hydroxylation is 2. The van der Waals surface area contributed by atoms with Gasteiger partial charge < -0.3 is 0 Å². The zero-order valence-electron chi connectivity index (χ0n) is 7.02. The van der Waals surface area contributed by atoms with Gasteiger partial charge in [-0.15, -0.1) is 0 Å². The van der Waals surface area contributed by atoms with Crippen LogP contribution < -0.4 is 0 Å². The summed E-state index contributed by atoms with van der Waals surface area (Å²) in [5, 5.41) is 8.17. The second kappa shape index (κ2) is 2.48. The molecule has 0 saturated heterocycles. The van der Waals surface area contributed by atoms with Crippen molar-refractivity contribution in [1.82, 2.24) is 19.6 Å². The second-order valence-electron chi connectivity index (χ2n) is 2.70. The van der Waals surface area contributed by atoms with Crippen LogP contribution in [0.4, 0.5) is 0 Å². The van der Waals surface area contributed by atoms with Crippen LogP contribution in [0.1, 0.15) is 0 Å². The van der Waals surface area contributed by atoms with Crippen molar-refractivity contribution in [2.24, 2.45) is 14.1 Å². The summed E-state index contributed by atoms with van der Waals surface area (Å²) in [6, 6.07) is 1.94. The Labute approximate surface area is 70.4 Å².